The van der Waals surface area contributed by atoms with E-state index in [4.69, 9.17) is 11.6 Å². The molecule has 0 fully saturated rings. The molecule has 2 rings (SSSR count). The molecule has 0 aliphatic carbocycles. The highest BCUT2D eigenvalue weighted by Gasteiger charge is 2.21. The summed E-state index contributed by atoms with van der Waals surface area (Å²) in [6.07, 6.45) is 1.83. The van der Waals surface area contributed by atoms with Gasteiger partial charge in [0.25, 0.3) is 0 Å². The van der Waals surface area contributed by atoms with Crippen molar-refractivity contribution in [2.24, 2.45) is 0 Å². The lowest BCUT2D eigenvalue weighted by Crippen LogP contribution is -2.13. The number of aromatic nitrogens is 1. The molecule has 1 aromatic heterocycles. The minimum atomic E-state index is 0.0602. The van der Waals surface area contributed by atoms with Crippen molar-refractivity contribution in [3.8, 4) is 0 Å². The van der Waals surface area contributed by atoms with Gasteiger partial charge in [-0.05, 0) is 33.0 Å². The van der Waals surface area contributed by atoms with Crippen LogP contribution < -0.4 is 0 Å². The molecule has 1 nitrogen and oxygen atoms in total. The number of rotatable bonds is 0. The first-order valence-electron chi connectivity index (χ1n) is 5.14. The molecule has 0 unspecified atom stereocenters. The van der Waals surface area contributed by atoms with Crippen LogP contribution in [-0.4, -0.2) is 4.98 Å². The average Bonchev–Trinajstić information content (AvgIpc) is 2.15. The third-order valence-electron chi connectivity index (χ3n) is 2.55. The normalized spacial score (nSPS) is 12.1. The quantitative estimate of drug-likeness (QED) is 0.670. The first-order chi connectivity index (χ1) is 7.41. The summed E-state index contributed by atoms with van der Waals surface area (Å²) in [4.78, 5) is 4.38. The van der Waals surface area contributed by atoms with Gasteiger partial charge in [0.05, 0.1) is 10.5 Å². The monoisotopic (exact) mass is 297 g/mol. The van der Waals surface area contributed by atoms with Crippen LogP contribution in [0.25, 0.3) is 10.9 Å². The fraction of sp³-hybridized carbons (Fsp3) is 0.308. The largest absolute Gasteiger partial charge is 0.253 e. The zero-order valence-electron chi connectivity index (χ0n) is 9.51. The van der Waals surface area contributed by atoms with Crippen molar-refractivity contribution in [2.45, 2.75) is 26.2 Å². The van der Waals surface area contributed by atoms with E-state index in [9.17, 15) is 0 Å². The third-order valence-corrected chi connectivity index (χ3v) is 3.46. The maximum absolute atomic E-state index is 6.15. The van der Waals surface area contributed by atoms with Gasteiger partial charge in [-0.3, -0.25) is 4.98 Å². The van der Waals surface area contributed by atoms with Crippen LogP contribution in [0.2, 0.25) is 5.02 Å². The van der Waals surface area contributed by atoms with Gasteiger partial charge in [0.15, 0.2) is 0 Å². The van der Waals surface area contributed by atoms with Crippen molar-refractivity contribution in [2.75, 3.05) is 0 Å². The van der Waals surface area contributed by atoms with Gasteiger partial charge in [0.2, 0.25) is 0 Å². The van der Waals surface area contributed by atoms with Gasteiger partial charge in [0.1, 0.15) is 0 Å². The Kier molecular flexibility index (Phi) is 2.97. The van der Waals surface area contributed by atoms with Crippen molar-refractivity contribution in [3.63, 3.8) is 0 Å². The van der Waals surface area contributed by atoms with Crippen LogP contribution in [0.3, 0.4) is 0 Å². The zero-order valence-corrected chi connectivity index (χ0v) is 11.9. The highest BCUT2D eigenvalue weighted by atomic mass is 79.9. The summed E-state index contributed by atoms with van der Waals surface area (Å²) in [5.74, 6) is 0. The van der Waals surface area contributed by atoms with Crippen molar-refractivity contribution in [1.29, 1.82) is 0 Å². The van der Waals surface area contributed by atoms with Crippen LogP contribution in [0.1, 0.15) is 26.3 Å². The number of fused-ring (bicyclic) bond motifs is 1. The molecule has 1 aromatic carbocycles. The highest BCUT2D eigenvalue weighted by molar-refractivity contribution is 9.10. The Morgan fingerprint density at radius 2 is 1.94 bits per heavy atom. The predicted octanol–water partition coefficient (Wildman–Crippen LogP) is 4.95. The molecule has 0 saturated carbocycles. The molecule has 0 N–H and O–H groups in total. The number of pyridine rings is 1. The summed E-state index contributed by atoms with van der Waals surface area (Å²) in [5.41, 5.74) is 2.18. The molecular formula is C13H13BrClN. The number of nitrogens with zero attached hydrogens (tertiary/aromatic N) is 1. The van der Waals surface area contributed by atoms with Crippen molar-refractivity contribution >= 4 is 38.4 Å². The second-order valence-electron chi connectivity index (χ2n) is 4.87. The van der Waals surface area contributed by atoms with Gasteiger partial charge in [-0.1, -0.05) is 44.5 Å². The van der Waals surface area contributed by atoms with E-state index >= 15 is 0 Å². The molecule has 0 radical (unpaired) electrons. The molecule has 0 aliphatic rings. The Labute approximate surface area is 109 Å². The average molecular weight is 299 g/mol. The molecule has 1 heterocycles. The van der Waals surface area contributed by atoms with Gasteiger partial charge < -0.3 is 0 Å². The second-order valence-corrected chi connectivity index (χ2v) is 6.13. The molecule has 16 heavy (non-hydrogen) atoms. The smallest absolute Gasteiger partial charge is 0.0891 e. The molecule has 0 aliphatic heterocycles. The van der Waals surface area contributed by atoms with E-state index in [0.717, 1.165) is 15.4 Å². The van der Waals surface area contributed by atoms with E-state index in [1.165, 1.54) is 5.56 Å². The lowest BCUT2D eigenvalue weighted by molar-refractivity contribution is 0.592. The molecule has 0 atom stereocenters. The second kappa shape index (κ2) is 4.01. The summed E-state index contributed by atoms with van der Waals surface area (Å²) < 4.78 is 1.04. The zero-order chi connectivity index (χ0) is 11.9. The summed E-state index contributed by atoms with van der Waals surface area (Å²) in [6.45, 7) is 6.56. The molecule has 3 heteroatoms. The van der Waals surface area contributed by atoms with Crippen LogP contribution >= 0.6 is 27.5 Å². The molecular weight excluding hydrogens is 286 g/mol. The fourth-order valence-corrected chi connectivity index (χ4v) is 3.06. The van der Waals surface area contributed by atoms with Crippen LogP contribution in [-0.2, 0) is 5.41 Å². The number of hydrogen-bond acceptors (Lipinski definition) is 1. The van der Waals surface area contributed by atoms with Crippen LogP contribution in [0.15, 0.2) is 28.9 Å². The third kappa shape index (κ3) is 1.96. The Balaban J connectivity index is 2.91. The SMILES string of the molecule is CC(C)(C)c1c(Br)cnc2c(Cl)cccc12. The molecule has 0 bridgehead atoms. The number of benzene rings is 1. The maximum atomic E-state index is 6.15. The molecule has 84 valence electrons. The Bertz CT molecular complexity index is 543. The lowest BCUT2D eigenvalue weighted by atomic mass is 9.85. The van der Waals surface area contributed by atoms with E-state index in [1.807, 2.05) is 18.3 Å². The summed E-state index contributed by atoms with van der Waals surface area (Å²) in [5, 5.41) is 1.82. The van der Waals surface area contributed by atoms with Crippen molar-refractivity contribution in [3.05, 3.63) is 39.5 Å². The number of para-hydroxylation sites is 1. The van der Waals surface area contributed by atoms with Crippen molar-refractivity contribution < 1.29 is 0 Å². The molecule has 0 spiro atoms. The minimum absolute atomic E-state index is 0.0602. The molecule has 2 aromatic rings. The highest BCUT2D eigenvalue weighted by Crippen LogP contribution is 2.36. The van der Waals surface area contributed by atoms with Gasteiger partial charge in [0, 0.05) is 16.1 Å². The molecule has 0 amide bonds. The molecule has 0 saturated heterocycles. The Morgan fingerprint density at radius 1 is 1.25 bits per heavy atom. The lowest BCUT2D eigenvalue weighted by Gasteiger charge is -2.22. The summed E-state index contributed by atoms with van der Waals surface area (Å²) in [7, 11) is 0. The van der Waals surface area contributed by atoms with E-state index in [1.54, 1.807) is 0 Å². The van der Waals surface area contributed by atoms with E-state index < -0.39 is 0 Å². The fourth-order valence-electron chi connectivity index (χ4n) is 1.92. The van der Waals surface area contributed by atoms with Gasteiger partial charge in [-0.2, -0.15) is 0 Å². The van der Waals surface area contributed by atoms with Gasteiger partial charge >= 0.3 is 0 Å². The topological polar surface area (TPSA) is 12.9 Å². The van der Waals surface area contributed by atoms with Crippen LogP contribution in [0, 0.1) is 0 Å². The first-order valence-corrected chi connectivity index (χ1v) is 6.31. The van der Waals surface area contributed by atoms with Gasteiger partial charge in [-0.15, -0.1) is 0 Å². The van der Waals surface area contributed by atoms with E-state index in [0.29, 0.717) is 5.02 Å². The van der Waals surface area contributed by atoms with Crippen LogP contribution in [0.5, 0.6) is 0 Å². The summed E-state index contributed by atoms with van der Waals surface area (Å²) in [6, 6.07) is 5.91. The van der Waals surface area contributed by atoms with E-state index in [2.05, 4.69) is 47.8 Å². The van der Waals surface area contributed by atoms with Crippen molar-refractivity contribution in [1.82, 2.24) is 4.98 Å². The Hall–Kier alpha value is -0.600. The number of halogens is 2. The maximum Gasteiger partial charge on any atom is 0.0891 e. The van der Waals surface area contributed by atoms with Gasteiger partial charge in [-0.25, -0.2) is 0 Å². The van der Waals surface area contributed by atoms with E-state index in [-0.39, 0.29) is 5.41 Å². The number of hydrogen-bond donors (Lipinski definition) is 0. The standard InChI is InChI=1S/C13H13BrClN/c1-13(2,3)11-8-5-4-6-10(15)12(8)16-7-9(11)14/h4-7H,1-3H3. The predicted molar refractivity (Wildman–Crippen MR) is 73.2 cm³/mol. The summed E-state index contributed by atoms with van der Waals surface area (Å²) >= 11 is 9.73. The Morgan fingerprint density at radius 3 is 2.56 bits per heavy atom. The minimum Gasteiger partial charge on any atom is -0.253 e. The van der Waals surface area contributed by atoms with Crippen LogP contribution in [0.4, 0.5) is 0 Å². The first kappa shape index (κ1) is 11.9.